The van der Waals surface area contributed by atoms with Crippen LogP contribution in [0.3, 0.4) is 0 Å². The number of benzene rings is 1. The van der Waals surface area contributed by atoms with Crippen LogP contribution in [0.25, 0.3) is 0 Å². The number of halogens is 1. The molecule has 0 aliphatic carbocycles. The van der Waals surface area contributed by atoms with Gasteiger partial charge in [0.1, 0.15) is 28.1 Å². The van der Waals surface area contributed by atoms with Crippen molar-refractivity contribution in [2.45, 2.75) is 16.0 Å². The number of allylic oxidation sites excluding steroid dienone is 3. The molecule has 0 saturated heterocycles. The first-order valence-corrected chi connectivity index (χ1v) is 9.27. The lowest BCUT2D eigenvalue weighted by molar-refractivity contribution is 0.581. The van der Waals surface area contributed by atoms with E-state index in [0.717, 1.165) is 4.90 Å². The van der Waals surface area contributed by atoms with Gasteiger partial charge in [-0.25, -0.2) is 0 Å². The molecule has 3 unspecified atom stereocenters. The first kappa shape index (κ1) is 17.5. The molecule has 2 heterocycles. The molecule has 0 spiro atoms. The number of nitrogens with two attached hydrogens (primary N) is 1. The van der Waals surface area contributed by atoms with Gasteiger partial charge in [0.15, 0.2) is 0 Å². The number of aliphatic imine (C=N–C) groups is 1. The smallest absolute Gasteiger partial charge is 0.119 e. The topological polar surface area (TPSA) is 98.0 Å². The van der Waals surface area contributed by atoms with Gasteiger partial charge in [0.05, 0.1) is 11.6 Å². The number of hydrogen-bond acceptors (Lipinski definition) is 6. The predicted octanol–water partition coefficient (Wildman–Crippen LogP) is 3.20. The summed E-state index contributed by atoms with van der Waals surface area (Å²) < 4.78 is 0. The van der Waals surface area contributed by atoms with Crippen molar-refractivity contribution in [3.63, 3.8) is 0 Å². The van der Waals surface area contributed by atoms with Crippen molar-refractivity contribution in [2.75, 3.05) is 0 Å². The highest BCUT2D eigenvalue weighted by molar-refractivity contribution is 9.09. The normalized spacial score (nSPS) is 25.4. The van der Waals surface area contributed by atoms with Crippen molar-refractivity contribution in [2.24, 2.45) is 16.6 Å². The minimum Gasteiger partial charge on any atom is -0.369 e. The summed E-state index contributed by atoms with van der Waals surface area (Å²) >= 11 is 4.85. The Kier molecular flexibility index (Phi) is 5.40. The van der Waals surface area contributed by atoms with Crippen LogP contribution in [-0.2, 0) is 0 Å². The molecule has 0 fully saturated rings. The van der Waals surface area contributed by atoms with Crippen LogP contribution in [0.1, 0.15) is 0 Å². The average molecular weight is 412 g/mol. The maximum absolute atomic E-state index is 9.77. The Morgan fingerprint density at radius 3 is 2.64 bits per heavy atom. The molecule has 1 aromatic rings. The van der Waals surface area contributed by atoms with Crippen LogP contribution >= 0.6 is 27.7 Å². The number of hydrogen-bond donors (Lipinski definition) is 2. The molecule has 0 aromatic heterocycles. The highest BCUT2D eigenvalue weighted by Gasteiger charge is 2.34. The van der Waals surface area contributed by atoms with Gasteiger partial charge in [0, 0.05) is 16.2 Å². The van der Waals surface area contributed by atoms with E-state index in [1.807, 2.05) is 48.6 Å². The minimum atomic E-state index is -0.717. The van der Waals surface area contributed by atoms with Crippen molar-refractivity contribution in [1.82, 2.24) is 5.32 Å². The molecule has 2 aliphatic rings. The van der Waals surface area contributed by atoms with E-state index < -0.39 is 12.1 Å². The van der Waals surface area contributed by atoms with Crippen LogP contribution in [0.5, 0.6) is 0 Å². The lowest BCUT2D eigenvalue weighted by Gasteiger charge is -2.29. The van der Waals surface area contributed by atoms with E-state index >= 15 is 0 Å². The highest BCUT2D eigenvalue weighted by Crippen LogP contribution is 2.35. The van der Waals surface area contributed by atoms with Crippen LogP contribution in [0.15, 0.2) is 75.3 Å². The van der Waals surface area contributed by atoms with Crippen molar-refractivity contribution in [1.29, 1.82) is 10.5 Å². The first-order chi connectivity index (χ1) is 12.1. The molecule has 0 saturated carbocycles. The van der Waals surface area contributed by atoms with Crippen LogP contribution in [0.2, 0.25) is 0 Å². The summed E-state index contributed by atoms with van der Waals surface area (Å²) in [6.45, 7) is 0. The Morgan fingerprint density at radius 1 is 1.24 bits per heavy atom. The van der Waals surface area contributed by atoms with Gasteiger partial charge in [-0.05, 0) is 18.2 Å². The number of dihydropyridines is 2. The molecule has 7 heteroatoms. The second-order valence-corrected chi connectivity index (χ2v) is 7.41. The standard InChI is InChI=1S/C18H14BrN5S/c19-15-8-4-7-14(23-15)16-12(9-20)17(22)24-18(13(16)10-21)25-11-5-2-1-3-6-11/h1-8,12,15,17,23H,22H2. The zero-order valence-electron chi connectivity index (χ0n) is 13.1. The van der Waals surface area contributed by atoms with E-state index in [1.165, 1.54) is 11.8 Å². The van der Waals surface area contributed by atoms with E-state index in [-0.39, 0.29) is 4.95 Å². The van der Waals surface area contributed by atoms with E-state index in [2.05, 4.69) is 38.4 Å². The number of nitrogens with zero attached hydrogens (tertiary/aromatic N) is 3. The Morgan fingerprint density at radius 2 is 2.00 bits per heavy atom. The number of alkyl halides is 1. The molecular weight excluding hydrogens is 398 g/mol. The Labute approximate surface area is 158 Å². The molecule has 5 nitrogen and oxygen atoms in total. The third kappa shape index (κ3) is 3.69. The lowest BCUT2D eigenvalue weighted by Crippen LogP contribution is -2.37. The molecular formula is C18H14BrN5S. The highest BCUT2D eigenvalue weighted by atomic mass is 79.9. The quantitative estimate of drug-likeness (QED) is 0.574. The SMILES string of the molecule is N#CC1=C(C2=CC=CC(Br)N2)C(C#N)C(N)N=C1Sc1ccccc1. The third-order valence-corrected chi connectivity index (χ3v) is 5.28. The van der Waals surface area contributed by atoms with E-state index in [1.54, 1.807) is 0 Å². The molecule has 0 radical (unpaired) electrons. The molecule has 1 aromatic carbocycles. The second-order valence-electron chi connectivity index (χ2n) is 5.36. The summed E-state index contributed by atoms with van der Waals surface area (Å²) in [5.41, 5.74) is 7.82. The van der Waals surface area contributed by atoms with Crippen LogP contribution in [0, 0.1) is 28.6 Å². The van der Waals surface area contributed by atoms with E-state index in [4.69, 9.17) is 5.73 Å². The summed E-state index contributed by atoms with van der Waals surface area (Å²) in [6, 6.07) is 14.1. The lowest BCUT2D eigenvalue weighted by atomic mass is 9.88. The van der Waals surface area contributed by atoms with Gasteiger partial charge in [-0.2, -0.15) is 10.5 Å². The summed E-state index contributed by atoms with van der Waals surface area (Å²) in [5, 5.41) is 23.1. The number of thioether (sulfide) groups is 1. The second kappa shape index (κ2) is 7.71. The van der Waals surface area contributed by atoms with Crippen molar-refractivity contribution in [3.8, 4) is 12.1 Å². The number of nitrogens with one attached hydrogen (secondary N) is 1. The summed E-state index contributed by atoms with van der Waals surface area (Å²) in [5.74, 6) is -0.681. The van der Waals surface area contributed by atoms with Crippen molar-refractivity contribution >= 4 is 32.7 Å². The maximum Gasteiger partial charge on any atom is 0.119 e. The Bertz CT molecular complexity index is 873. The van der Waals surface area contributed by atoms with Gasteiger partial charge in [0.2, 0.25) is 0 Å². The van der Waals surface area contributed by atoms with Gasteiger partial charge in [-0.1, -0.05) is 58.0 Å². The van der Waals surface area contributed by atoms with Crippen LogP contribution in [0.4, 0.5) is 0 Å². The molecule has 3 rings (SSSR count). The van der Waals surface area contributed by atoms with Gasteiger partial charge in [-0.15, -0.1) is 0 Å². The fourth-order valence-electron chi connectivity index (χ4n) is 2.61. The average Bonchev–Trinajstić information content (AvgIpc) is 2.62. The molecule has 3 atom stereocenters. The molecule has 2 aliphatic heterocycles. The van der Waals surface area contributed by atoms with Gasteiger partial charge in [0.25, 0.3) is 0 Å². The molecule has 25 heavy (non-hydrogen) atoms. The summed E-state index contributed by atoms with van der Waals surface area (Å²) in [7, 11) is 0. The zero-order valence-corrected chi connectivity index (χ0v) is 15.5. The van der Waals surface area contributed by atoms with E-state index in [9.17, 15) is 10.5 Å². The van der Waals surface area contributed by atoms with Crippen LogP contribution < -0.4 is 11.1 Å². The molecule has 0 amide bonds. The summed E-state index contributed by atoms with van der Waals surface area (Å²) in [4.78, 5) is 5.30. The third-order valence-electron chi connectivity index (χ3n) is 3.74. The maximum atomic E-state index is 9.77. The van der Waals surface area contributed by atoms with Crippen molar-refractivity contribution < 1.29 is 0 Å². The minimum absolute atomic E-state index is 0.0698. The predicted molar refractivity (Wildman–Crippen MR) is 103 cm³/mol. The first-order valence-electron chi connectivity index (χ1n) is 7.54. The molecule has 3 N–H and O–H groups in total. The number of rotatable bonds is 2. The van der Waals surface area contributed by atoms with E-state index in [0.29, 0.717) is 21.9 Å². The monoisotopic (exact) mass is 411 g/mol. The molecule has 0 bridgehead atoms. The zero-order chi connectivity index (χ0) is 17.8. The van der Waals surface area contributed by atoms with Gasteiger partial charge in [-0.3, -0.25) is 4.99 Å². The fourth-order valence-corrected chi connectivity index (χ4v) is 3.98. The Balaban J connectivity index is 2.08. The van der Waals surface area contributed by atoms with Crippen molar-refractivity contribution in [3.05, 3.63) is 65.4 Å². The Hall–Kier alpha value is -2.32. The number of nitriles is 2. The van der Waals surface area contributed by atoms with Gasteiger partial charge >= 0.3 is 0 Å². The summed E-state index contributed by atoms with van der Waals surface area (Å²) in [6.07, 6.45) is 4.93. The van der Waals surface area contributed by atoms with Crippen LogP contribution in [-0.4, -0.2) is 16.2 Å². The largest absolute Gasteiger partial charge is 0.369 e. The van der Waals surface area contributed by atoms with Gasteiger partial charge < -0.3 is 11.1 Å². The fraction of sp³-hybridized carbons (Fsp3) is 0.167. The molecule has 124 valence electrons.